The molecule has 0 amide bonds. The molecular formula is C23H23NSi. The molecule has 0 unspecified atom stereocenters. The SMILES string of the molecule is C=CC[Si](C)(C)c1ccc(-n2c3ccccc3c3ccccc32)cc1. The highest BCUT2D eigenvalue weighted by atomic mass is 28.3. The van der Waals surface area contributed by atoms with Crippen molar-refractivity contribution in [1.82, 2.24) is 4.57 Å². The van der Waals surface area contributed by atoms with Crippen LogP contribution in [-0.2, 0) is 0 Å². The minimum atomic E-state index is -1.42. The van der Waals surface area contributed by atoms with Crippen molar-refractivity contribution in [1.29, 1.82) is 0 Å². The van der Waals surface area contributed by atoms with Crippen LogP contribution in [0.4, 0.5) is 0 Å². The van der Waals surface area contributed by atoms with E-state index in [9.17, 15) is 0 Å². The Hall–Kier alpha value is -2.58. The van der Waals surface area contributed by atoms with Gasteiger partial charge in [0.15, 0.2) is 0 Å². The third-order valence-electron chi connectivity index (χ3n) is 5.14. The Kier molecular flexibility index (Phi) is 3.85. The Labute approximate surface area is 150 Å². The van der Waals surface area contributed by atoms with Crippen LogP contribution < -0.4 is 5.19 Å². The van der Waals surface area contributed by atoms with Gasteiger partial charge in [-0.25, -0.2) is 0 Å². The van der Waals surface area contributed by atoms with E-state index in [2.05, 4.69) is 103 Å². The topological polar surface area (TPSA) is 4.93 Å². The molecule has 124 valence electrons. The maximum Gasteiger partial charge on any atom is 0.0843 e. The van der Waals surface area contributed by atoms with Gasteiger partial charge in [-0.05, 0) is 30.3 Å². The molecule has 0 aliphatic rings. The van der Waals surface area contributed by atoms with Crippen molar-refractivity contribution >= 4 is 35.1 Å². The van der Waals surface area contributed by atoms with E-state index in [0.29, 0.717) is 0 Å². The van der Waals surface area contributed by atoms with Crippen molar-refractivity contribution in [2.45, 2.75) is 19.1 Å². The smallest absolute Gasteiger partial charge is 0.0843 e. The van der Waals surface area contributed by atoms with Crippen molar-refractivity contribution in [2.24, 2.45) is 0 Å². The van der Waals surface area contributed by atoms with Gasteiger partial charge < -0.3 is 4.57 Å². The normalized spacial score (nSPS) is 11.9. The number of allylic oxidation sites excluding steroid dienone is 1. The largest absolute Gasteiger partial charge is 0.309 e. The van der Waals surface area contributed by atoms with Crippen LogP contribution in [-0.4, -0.2) is 12.6 Å². The predicted molar refractivity (Wildman–Crippen MR) is 113 cm³/mol. The van der Waals surface area contributed by atoms with Crippen molar-refractivity contribution < 1.29 is 0 Å². The lowest BCUT2D eigenvalue weighted by Gasteiger charge is -2.21. The summed E-state index contributed by atoms with van der Waals surface area (Å²) < 4.78 is 2.37. The summed E-state index contributed by atoms with van der Waals surface area (Å²) in [6, 6.07) is 27.6. The van der Waals surface area contributed by atoms with Gasteiger partial charge in [0.1, 0.15) is 0 Å². The Morgan fingerprint density at radius 1 is 0.800 bits per heavy atom. The van der Waals surface area contributed by atoms with Crippen molar-refractivity contribution in [3.8, 4) is 5.69 Å². The number of benzene rings is 3. The molecule has 25 heavy (non-hydrogen) atoms. The number of fused-ring (bicyclic) bond motifs is 3. The summed E-state index contributed by atoms with van der Waals surface area (Å²) in [7, 11) is -1.42. The summed E-state index contributed by atoms with van der Waals surface area (Å²) in [4.78, 5) is 0. The number of hydrogen-bond donors (Lipinski definition) is 0. The molecule has 0 aliphatic heterocycles. The minimum absolute atomic E-state index is 1.11. The van der Waals surface area contributed by atoms with E-state index in [1.165, 1.54) is 32.7 Å². The first-order valence-corrected chi connectivity index (χ1v) is 12.0. The summed E-state index contributed by atoms with van der Waals surface area (Å²) in [5.74, 6) is 0. The molecule has 4 rings (SSSR count). The number of para-hydroxylation sites is 2. The highest BCUT2D eigenvalue weighted by Gasteiger charge is 2.21. The Morgan fingerprint density at radius 3 is 1.84 bits per heavy atom. The fraction of sp³-hybridized carbons (Fsp3) is 0.130. The fourth-order valence-corrected chi connectivity index (χ4v) is 5.77. The average Bonchev–Trinajstić information content (AvgIpc) is 2.96. The van der Waals surface area contributed by atoms with E-state index in [4.69, 9.17) is 0 Å². The molecule has 0 spiro atoms. The minimum Gasteiger partial charge on any atom is -0.309 e. The van der Waals surface area contributed by atoms with Crippen molar-refractivity contribution in [2.75, 3.05) is 0 Å². The van der Waals surface area contributed by atoms with Crippen LogP contribution in [0.1, 0.15) is 0 Å². The molecule has 1 aromatic heterocycles. The van der Waals surface area contributed by atoms with Crippen LogP contribution in [0, 0.1) is 0 Å². The fourth-order valence-electron chi connectivity index (χ4n) is 3.74. The number of nitrogens with zero attached hydrogens (tertiary/aromatic N) is 1. The van der Waals surface area contributed by atoms with Gasteiger partial charge in [-0.15, -0.1) is 6.58 Å². The molecule has 0 saturated carbocycles. The molecule has 0 bridgehead atoms. The van der Waals surface area contributed by atoms with Crippen molar-refractivity contribution in [3.63, 3.8) is 0 Å². The standard InChI is InChI=1S/C23H23NSi/c1-4-17-25(2,3)19-15-13-18(14-16-19)24-22-11-7-5-9-20(22)21-10-6-8-12-23(21)24/h4-16H,1,17H2,2-3H3. The van der Waals surface area contributed by atoms with E-state index in [0.717, 1.165) is 6.04 Å². The zero-order valence-corrected chi connectivity index (χ0v) is 15.9. The van der Waals surface area contributed by atoms with E-state index >= 15 is 0 Å². The summed E-state index contributed by atoms with van der Waals surface area (Å²) >= 11 is 0. The number of aromatic nitrogens is 1. The quantitative estimate of drug-likeness (QED) is 0.322. The van der Waals surface area contributed by atoms with Gasteiger partial charge in [-0.2, -0.15) is 0 Å². The first kappa shape index (κ1) is 15.9. The second-order valence-electron chi connectivity index (χ2n) is 7.29. The van der Waals surface area contributed by atoms with Crippen LogP contribution in [0.5, 0.6) is 0 Å². The van der Waals surface area contributed by atoms with Crippen LogP contribution >= 0.6 is 0 Å². The number of rotatable bonds is 4. The highest BCUT2D eigenvalue weighted by molar-refractivity contribution is 6.90. The van der Waals surface area contributed by atoms with Crippen LogP contribution in [0.3, 0.4) is 0 Å². The Balaban J connectivity index is 1.91. The first-order chi connectivity index (χ1) is 12.1. The molecule has 0 fully saturated rings. The predicted octanol–water partition coefficient (Wildman–Crippen LogP) is 5.89. The average molecular weight is 342 g/mol. The second kappa shape index (κ2) is 6.05. The highest BCUT2D eigenvalue weighted by Crippen LogP contribution is 2.31. The molecular weight excluding hydrogens is 318 g/mol. The van der Waals surface area contributed by atoms with Gasteiger partial charge in [0.2, 0.25) is 0 Å². The molecule has 0 N–H and O–H groups in total. The molecule has 0 aliphatic carbocycles. The Bertz CT molecular complexity index is 1000. The molecule has 3 aromatic carbocycles. The lowest BCUT2D eigenvalue weighted by atomic mass is 10.2. The summed E-state index contributed by atoms with van der Waals surface area (Å²) in [5.41, 5.74) is 3.75. The van der Waals surface area contributed by atoms with Gasteiger partial charge >= 0.3 is 0 Å². The van der Waals surface area contributed by atoms with Crippen LogP contribution in [0.2, 0.25) is 19.1 Å². The van der Waals surface area contributed by atoms with E-state index in [1.54, 1.807) is 0 Å². The third-order valence-corrected chi connectivity index (χ3v) is 8.35. The van der Waals surface area contributed by atoms with E-state index in [1.807, 2.05) is 0 Å². The van der Waals surface area contributed by atoms with Gasteiger partial charge in [0.25, 0.3) is 0 Å². The molecule has 0 radical (unpaired) electrons. The second-order valence-corrected chi connectivity index (χ2v) is 12.0. The van der Waals surface area contributed by atoms with Crippen LogP contribution in [0.15, 0.2) is 85.5 Å². The first-order valence-electron chi connectivity index (χ1n) is 8.82. The van der Waals surface area contributed by atoms with Gasteiger partial charge in [-0.3, -0.25) is 0 Å². The maximum atomic E-state index is 3.93. The molecule has 1 heterocycles. The van der Waals surface area contributed by atoms with Crippen LogP contribution in [0.25, 0.3) is 27.5 Å². The molecule has 0 atom stereocenters. The van der Waals surface area contributed by atoms with E-state index in [-0.39, 0.29) is 0 Å². The number of hydrogen-bond acceptors (Lipinski definition) is 0. The van der Waals surface area contributed by atoms with Gasteiger partial charge in [0.05, 0.1) is 19.1 Å². The molecule has 1 nitrogen and oxygen atoms in total. The van der Waals surface area contributed by atoms with E-state index < -0.39 is 8.07 Å². The third kappa shape index (κ3) is 2.63. The Morgan fingerprint density at radius 2 is 1.32 bits per heavy atom. The van der Waals surface area contributed by atoms with Gasteiger partial charge in [0, 0.05) is 16.5 Å². The summed E-state index contributed by atoms with van der Waals surface area (Å²) in [6.45, 7) is 8.74. The van der Waals surface area contributed by atoms with Gasteiger partial charge in [-0.1, -0.05) is 72.9 Å². The molecule has 4 aromatic rings. The zero-order valence-electron chi connectivity index (χ0n) is 14.9. The van der Waals surface area contributed by atoms with Crippen molar-refractivity contribution in [3.05, 3.63) is 85.5 Å². The summed E-state index contributed by atoms with van der Waals surface area (Å²) in [6.07, 6.45) is 2.06. The zero-order chi connectivity index (χ0) is 17.4. The molecule has 2 heteroatoms. The maximum absolute atomic E-state index is 3.93. The lowest BCUT2D eigenvalue weighted by Crippen LogP contribution is -2.40. The molecule has 0 saturated heterocycles. The summed E-state index contributed by atoms with van der Waals surface area (Å²) in [5, 5.41) is 4.10. The lowest BCUT2D eigenvalue weighted by molar-refractivity contribution is 1.18. The monoisotopic (exact) mass is 341 g/mol.